The predicted octanol–water partition coefficient (Wildman–Crippen LogP) is 0.778. The molecule has 0 atom stereocenters. The van der Waals surface area contributed by atoms with Crippen LogP contribution in [-0.2, 0) is 9.53 Å². The molecule has 0 aliphatic carbocycles. The highest BCUT2D eigenvalue weighted by molar-refractivity contribution is 5.75. The molecule has 7 nitrogen and oxygen atoms in total. The Bertz CT molecular complexity index is 446. The lowest BCUT2D eigenvalue weighted by atomic mass is 9.80. The third-order valence-corrected chi connectivity index (χ3v) is 3.33. The van der Waals surface area contributed by atoms with Crippen LogP contribution in [0.25, 0.3) is 0 Å². The maximum absolute atomic E-state index is 11.5. The van der Waals surface area contributed by atoms with E-state index in [0.29, 0.717) is 44.3 Å². The topological polar surface area (TPSA) is 93.6 Å². The van der Waals surface area contributed by atoms with Crippen molar-refractivity contribution in [2.24, 2.45) is 5.41 Å². The van der Waals surface area contributed by atoms with E-state index < -0.39 is 11.4 Å². The zero-order chi connectivity index (χ0) is 13.7. The summed E-state index contributed by atoms with van der Waals surface area (Å²) in [6, 6.07) is 0. The van der Waals surface area contributed by atoms with E-state index in [1.54, 1.807) is 0 Å². The smallest absolute Gasteiger partial charge is 0.311 e. The summed E-state index contributed by atoms with van der Waals surface area (Å²) >= 11 is 0. The van der Waals surface area contributed by atoms with Gasteiger partial charge < -0.3 is 19.9 Å². The highest BCUT2D eigenvalue weighted by atomic mass is 16.5. The molecule has 1 aliphatic heterocycles. The van der Waals surface area contributed by atoms with Crippen molar-refractivity contribution in [2.45, 2.75) is 12.8 Å². The average Bonchev–Trinajstić information content (AvgIpc) is 2.46. The molecule has 2 N–H and O–H groups in total. The molecule has 0 amide bonds. The molecular weight excluding hydrogens is 250 g/mol. The number of aromatic nitrogens is 2. The monoisotopic (exact) mass is 267 g/mol. The normalized spacial score (nSPS) is 17.7. The van der Waals surface area contributed by atoms with Gasteiger partial charge >= 0.3 is 5.97 Å². The van der Waals surface area contributed by atoms with Crippen LogP contribution in [0.4, 0.5) is 5.82 Å². The van der Waals surface area contributed by atoms with Gasteiger partial charge in [0.25, 0.3) is 0 Å². The van der Waals surface area contributed by atoms with Gasteiger partial charge in [0.1, 0.15) is 5.82 Å². The Morgan fingerprint density at radius 2 is 2.26 bits per heavy atom. The Hall–Kier alpha value is -1.89. The molecule has 0 spiro atoms. The number of carboxylic acid groups (broad SMARTS) is 1. The highest BCUT2D eigenvalue weighted by Crippen LogP contribution is 2.31. The second-order valence-electron chi connectivity index (χ2n) is 4.50. The Morgan fingerprint density at radius 1 is 1.53 bits per heavy atom. The van der Waals surface area contributed by atoms with Gasteiger partial charge in [0, 0.05) is 19.8 Å². The Balaban J connectivity index is 2.04. The average molecular weight is 267 g/mol. The first-order chi connectivity index (χ1) is 9.16. The summed E-state index contributed by atoms with van der Waals surface area (Å²) in [4.78, 5) is 19.6. The minimum absolute atomic E-state index is 0.299. The largest absolute Gasteiger partial charge is 0.481 e. The number of hydrogen-bond acceptors (Lipinski definition) is 6. The van der Waals surface area contributed by atoms with Crippen molar-refractivity contribution in [3.63, 3.8) is 0 Å². The van der Waals surface area contributed by atoms with Crippen molar-refractivity contribution in [3.8, 4) is 5.88 Å². The molecule has 1 aromatic heterocycles. The summed E-state index contributed by atoms with van der Waals surface area (Å²) < 4.78 is 10.2. The lowest BCUT2D eigenvalue weighted by Gasteiger charge is -2.33. The van der Waals surface area contributed by atoms with Gasteiger partial charge in [0.2, 0.25) is 5.88 Å². The second-order valence-corrected chi connectivity index (χ2v) is 4.50. The highest BCUT2D eigenvalue weighted by Gasteiger charge is 2.40. The third kappa shape index (κ3) is 3.11. The summed E-state index contributed by atoms with van der Waals surface area (Å²) in [6.45, 7) is 1.24. The number of rotatable bonds is 5. The van der Waals surface area contributed by atoms with Gasteiger partial charge in [-0.1, -0.05) is 0 Å². The van der Waals surface area contributed by atoms with Gasteiger partial charge in [-0.05, 0) is 12.8 Å². The number of aliphatic carboxylic acids is 1. The lowest BCUT2D eigenvalue weighted by Crippen LogP contribution is -2.42. The summed E-state index contributed by atoms with van der Waals surface area (Å²) in [6.07, 6.45) is 4.02. The van der Waals surface area contributed by atoms with Crippen LogP contribution >= 0.6 is 0 Å². The van der Waals surface area contributed by atoms with E-state index in [0.717, 1.165) is 0 Å². The van der Waals surface area contributed by atoms with Crippen LogP contribution in [0.5, 0.6) is 5.88 Å². The maximum Gasteiger partial charge on any atom is 0.311 e. The minimum atomic E-state index is -0.806. The molecule has 0 unspecified atom stereocenters. The molecule has 0 saturated carbocycles. The standard InChI is InChI=1S/C12H17N3O4/c1-18-10-7-13-6-9(15-10)14-8-12(11(16)17)2-4-19-5-3-12/h6-7H,2-5,8H2,1H3,(H,14,15)(H,16,17). The van der Waals surface area contributed by atoms with Crippen molar-refractivity contribution in [2.75, 3.05) is 32.2 Å². The third-order valence-electron chi connectivity index (χ3n) is 3.33. The minimum Gasteiger partial charge on any atom is -0.481 e. The Labute approximate surface area is 111 Å². The van der Waals surface area contributed by atoms with Gasteiger partial charge in [-0.25, -0.2) is 0 Å². The summed E-state index contributed by atoms with van der Waals surface area (Å²) in [5.41, 5.74) is -0.803. The second kappa shape index (κ2) is 5.83. The van der Waals surface area contributed by atoms with E-state index in [4.69, 9.17) is 9.47 Å². The molecule has 7 heteroatoms. The van der Waals surface area contributed by atoms with E-state index in [-0.39, 0.29) is 0 Å². The van der Waals surface area contributed by atoms with Crippen LogP contribution < -0.4 is 10.1 Å². The molecule has 0 aromatic carbocycles. The van der Waals surface area contributed by atoms with Crippen LogP contribution in [0.2, 0.25) is 0 Å². The van der Waals surface area contributed by atoms with E-state index >= 15 is 0 Å². The molecule has 104 valence electrons. The summed E-state index contributed by atoms with van der Waals surface area (Å²) in [5, 5.41) is 12.4. The van der Waals surface area contributed by atoms with Gasteiger partial charge in [0.05, 0.1) is 24.9 Å². The van der Waals surface area contributed by atoms with Crippen LogP contribution in [0.15, 0.2) is 12.4 Å². The quantitative estimate of drug-likeness (QED) is 0.814. The van der Waals surface area contributed by atoms with E-state index in [1.165, 1.54) is 19.5 Å². The first-order valence-electron chi connectivity index (χ1n) is 6.07. The number of anilines is 1. The number of ether oxygens (including phenoxy) is 2. The van der Waals surface area contributed by atoms with Crippen LogP contribution in [0, 0.1) is 5.41 Å². The molecule has 0 bridgehead atoms. The molecule has 1 aliphatic rings. The molecule has 1 saturated heterocycles. The van der Waals surface area contributed by atoms with Gasteiger partial charge in [-0.2, -0.15) is 4.98 Å². The molecule has 19 heavy (non-hydrogen) atoms. The lowest BCUT2D eigenvalue weighted by molar-refractivity contribution is -0.153. The number of nitrogens with one attached hydrogen (secondary N) is 1. The Kier molecular flexibility index (Phi) is 4.16. The van der Waals surface area contributed by atoms with E-state index in [1.807, 2.05) is 0 Å². The molecule has 2 heterocycles. The predicted molar refractivity (Wildman–Crippen MR) is 67.2 cm³/mol. The van der Waals surface area contributed by atoms with Crippen molar-refractivity contribution < 1.29 is 19.4 Å². The fraction of sp³-hybridized carbons (Fsp3) is 0.583. The maximum atomic E-state index is 11.5. The van der Waals surface area contributed by atoms with Gasteiger partial charge in [-0.15, -0.1) is 0 Å². The summed E-state index contributed by atoms with van der Waals surface area (Å²) in [7, 11) is 1.50. The summed E-state index contributed by atoms with van der Waals surface area (Å²) in [5.74, 6) is 0.0898. The van der Waals surface area contributed by atoms with Crippen LogP contribution in [-0.4, -0.2) is 47.9 Å². The zero-order valence-corrected chi connectivity index (χ0v) is 10.8. The van der Waals surface area contributed by atoms with E-state index in [9.17, 15) is 9.90 Å². The van der Waals surface area contributed by atoms with Crippen molar-refractivity contribution in [1.29, 1.82) is 0 Å². The molecule has 0 radical (unpaired) electrons. The van der Waals surface area contributed by atoms with E-state index in [2.05, 4.69) is 15.3 Å². The van der Waals surface area contributed by atoms with Crippen molar-refractivity contribution >= 4 is 11.8 Å². The molecular formula is C12H17N3O4. The van der Waals surface area contributed by atoms with Crippen LogP contribution in [0.3, 0.4) is 0 Å². The number of hydrogen-bond donors (Lipinski definition) is 2. The van der Waals surface area contributed by atoms with Gasteiger partial charge in [0.15, 0.2) is 0 Å². The fourth-order valence-corrected chi connectivity index (χ4v) is 2.02. The number of methoxy groups -OCH3 is 1. The molecule has 1 aromatic rings. The first-order valence-corrected chi connectivity index (χ1v) is 6.07. The number of carbonyl (C=O) groups is 1. The van der Waals surface area contributed by atoms with Crippen molar-refractivity contribution in [3.05, 3.63) is 12.4 Å². The van der Waals surface area contributed by atoms with Gasteiger partial charge in [-0.3, -0.25) is 9.78 Å². The fourth-order valence-electron chi connectivity index (χ4n) is 2.02. The van der Waals surface area contributed by atoms with Crippen molar-refractivity contribution in [1.82, 2.24) is 9.97 Å². The number of nitrogens with zero attached hydrogens (tertiary/aromatic N) is 2. The SMILES string of the molecule is COc1cncc(NCC2(C(=O)O)CCOCC2)n1. The number of carboxylic acids is 1. The molecule has 1 fully saturated rings. The zero-order valence-electron chi connectivity index (χ0n) is 10.8. The Morgan fingerprint density at radius 3 is 2.89 bits per heavy atom. The first kappa shape index (κ1) is 13.5. The molecule has 2 rings (SSSR count). The van der Waals surface area contributed by atoms with Crippen LogP contribution in [0.1, 0.15) is 12.8 Å².